The van der Waals surface area contributed by atoms with E-state index in [4.69, 9.17) is 4.84 Å². The van der Waals surface area contributed by atoms with Gasteiger partial charge >= 0.3 is 0 Å². The molecule has 0 radical (unpaired) electrons. The molecule has 0 atom stereocenters. The first-order chi connectivity index (χ1) is 12.4. The number of carbonyl (C=O) groups excluding carboxylic acids is 2. The summed E-state index contributed by atoms with van der Waals surface area (Å²) in [6.07, 6.45) is 0. The molecule has 0 bridgehead atoms. The normalized spacial score (nSPS) is 10.3. The van der Waals surface area contributed by atoms with Gasteiger partial charge in [0.05, 0.1) is 16.9 Å². The number of benzene rings is 2. The van der Waals surface area contributed by atoms with Crippen molar-refractivity contribution >= 4 is 23.8 Å². The lowest BCUT2D eigenvalue weighted by Crippen LogP contribution is -2.26. The molecule has 2 aromatic carbocycles. The predicted octanol–water partition coefficient (Wildman–Crippen LogP) is 2.99. The van der Waals surface area contributed by atoms with Crippen molar-refractivity contribution in [3.63, 3.8) is 0 Å². The molecule has 0 heterocycles. The van der Waals surface area contributed by atoms with Gasteiger partial charge in [0.25, 0.3) is 12.4 Å². The number of carbonyl (C=O) groups is 2. The van der Waals surface area contributed by atoms with Crippen molar-refractivity contribution in [3.05, 3.63) is 58.9 Å². The van der Waals surface area contributed by atoms with Gasteiger partial charge < -0.3 is 10.1 Å². The molecule has 2 N–H and O–H groups in total. The zero-order valence-electron chi connectivity index (χ0n) is 13.6. The smallest absolute Gasteiger partial charge is 0.293 e. The number of rotatable bonds is 8. The number of anilines is 2. The average molecular weight is 368 g/mol. The second-order valence-corrected chi connectivity index (χ2v) is 5.14. The van der Waals surface area contributed by atoms with Gasteiger partial charge in [-0.3, -0.25) is 14.4 Å². The van der Waals surface area contributed by atoms with Crippen LogP contribution in [-0.2, 0) is 14.4 Å². The van der Waals surface area contributed by atoms with Crippen LogP contribution in [0, 0.1) is 24.4 Å². The van der Waals surface area contributed by atoms with Gasteiger partial charge in [0.15, 0.2) is 11.6 Å². The first-order valence-corrected chi connectivity index (χ1v) is 7.42. The molecule has 0 spiro atoms. The molecule has 0 aliphatic rings. The molecule has 0 fully saturated rings. The minimum Gasteiger partial charge on any atom is -0.465 e. The number of hydroxylamine groups is 1. The van der Waals surface area contributed by atoms with E-state index in [0.29, 0.717) is 5.56 Å². The average Bonchev–Trinajstić information content (AvgIpc) is 2.60. The maximum absolute atomic E-state index is 14.2. The van der Waals surface area contributed by atoms with Crippen molar-refractivity contribution in [1.29, 1.82) is 0 Å². The Labute approximate surface area is 146 Å². The largest absolute Gasteiger partial charge is 0.465 e. The van der Waals surface area contributed by atoms with Crippen molar-refractivity contribution < 1.29 is 32.3 Å². The zero-order chi connectivity index (χ0) is 19.1. The molecule has 2 rings (SSSR count). The molecule has 0 unspecified atom stereocenters. The molecule has 0 saturated heterocycles. The molecular weight excluding hydrogens is 353 g/mol. The van der Waals surface area contributed by atoms with E-state index in [9.17, 15) is 22.8 Å². The second kappa shape index (κ2) is 8.86. The van der Waals surface area contributed by atoms with Crippen molar-refractivity contribution in [3.8, 4) is 0 Å². The topological polar surface area (TPSA) is 76.7 Å². The number of aryl methyl sites for hydroxylation is 1. The van der Waals surface area contributed by atoms with E-state index in [0.717, 1.165) is 12.1 Å². The fraction of sp³-hybridized carbons (Fsp3) is 0.176. The Morgan fingerprint density at radius 1 is 1.12 bits per heavy atom. The summed E-state index contributed by atoms with van der Waals surface area (Å²) < 4.78 is 46.1. The van der Waals surface area contributed by atoms with Crippen molar-refractivity contribution in [2.24, 2.45) is 0 Å². The monoisotopic (exact) mass is 368 g/mol. The summed E-state index contributed by atoms with van der Waals surface area (Å²) in [5, 5.41) is 2.39. The highest BCUT2D eigenvalue weighted by molar-refractivity contribution is 5.99. The molecule has 0 aromatic heterocycles. The summed E-state index contributed by atoms with van der Waals surface area (Å²) in [6.45, 7) is 1.61. The molecule has 9 heteroatoms. The number of ether oxygens (including phenoxy) is 1. The van der Waals surface area contributed by atoms with Gasteiger partial charge in [0.1, 0.15) is 19.0 Å². The van der Waals surface area contributed by atoms with E-state index in [1.165, 1.54) is 12.1 Å². The van der Waals surface area contributed by atoms with Crippen molar-refractivity contribution in [1.82, 2.24) is 5.48 Å². The molecule has 0 aliphatic heterocycles. The van der Waals surface area contributed by atoms with Gasteiger partial charge in [-0.15, -0.1) is 0 Å². The van der Waals surface area contributed by atoms with Crippen LogP contribution in [0.25, 0.3) is 0 Å². The number of amides is 1. The number of hydrogen-bond acceptors (Lipinski definition) is 5. The quantitative estimate of drug-likeness (QED) is 0.426. The van der Waals surface area contributed by atoms with Crippen molar-refractivity contribution in [2.45, 2.75) is 6.92 Å². The first kappa shape index (κ1) is 19.3. The lowest BCUT2D eigenvalue weighted by Gasteiger charge is -2.14. The first-order valence-electron chi connectivity index (χ1n) is 7.42. The van der Waals surface area contributed by atoms with Crippen LogP contribution in [0.1, 0.15) is 15.9 Å². The van der Waals surface area contributed by atoms with E-state index in [2.05, 4.69) is 10.1 Å². The lowest BCUT2D eigenvalue weighted by molar-refractivity contribution is -0.130. The third-order valence-corrected chi connectivity index (χ3v) is 3.26. The van der Waals surface area contributed by atoms with Gasteiger partial charge in [-0.25, -0.2) is 18.7 Å². The Hall–Kier alpha value is -3.07. The Morgan fingerprint density at radius 3 is 2.58 bits per heavy atom. The van der Waals surface area contributed by atoms with Crippen LogP contribution < -0.4 is 10.8 Å². The third-order valence-electron chi connectivity index (χ3n) is 3.26. The highest BCUT2D eigenvalue weighted by atomic mass is 19.2. The van der Waals surface area contributed by atoms with Crippen LogP contribution in [0.4, 0.5) is 24.5 Å². The van der Waals surface area contributed by atoms with Gasteiger partial charge in [0, 0.05) is 0 Å². The van der Waals surface area contributed by atoms with Gasteiger partial charge in [-0.2, -0.15) is 0 Å². The number of hydrogen-bond donors (Lipinski definition) is 2. The molecule has 0 saturated carbocycles. The van der Waals surface area contributed by atoms with Gasteiger partial charge in [0.2, 0.25) is 0 Å². The van der Waals surface area contributed by atoms with Crippen molar-refractivity contribution in [2.75, 3.05) is 18.5 Å². The Bertz CT molecular complexity index is 815. The fourth-order valence-electron chi connectivity index (χ4n) is 2.03. The van der Waals surface area contributed by atoms with E-state index < -0.39 is 29.0 Å². The minimum absolute atomic E-state index is 0.110. The van der Waals surface area contributed by atoms with Crippen LogP contribution >= 0.6 is 0 Å². The summed E-state index contributed by atoms with van der Waals surface area (Å²) in [6, 6.07) is 5.89. The fourth-order valence-corrected chi connectivity index (χ4v) is 2.03. The molecule has 138 valence electrons. The molecule has 6 nitrogen and oxygen atoms in total. The van der Waals surface area contributed by atoms with Crippen LogP contribution in [0.15, 0.2) is 30.3 Å². The Morgan fingerprint density at radius 2 is 1.88 bits per heavy atom. The number of nitrogens with one attached hydrogen (secondary N) is 2. The lowest BCUT2D eigenvalue weighted by atomic mass is 10.1. The molecule has 0 aliphatic carbocycles. The molecular formula is C17H15F3N2O4. The zero-order valence-corrected chi connectivity index (χ0v) is 13.6. The minimum atomic E-state index is -1.35. The van der Waals surface area contributed by atoms with E-state index in [1.807, 2.05) is 5.48 Å². The maximum atomic E-state index is 14.2. The summed E-state index contributed by atoms with van der Waals surface area (Å²) in [5.41, 5.74) is 1.65. The highest BCUT2D eigenvalue weighted by Crippen LogP contribution is 2.28. The van der Waals surface area contributed by atoms with Crippen LogP contribution in [0.3, 0.4) is 0 Å². The SMILES string of the molecule is Cc1ccc(Nc2c(C(=O)NOCCOC=O)ccc(F)c2F)c(F)c1. The van der Waals surface area contributed by atoms with Gasteiger partial charge in [-0.1, -0.05) is 6.07 Å². The Kier molecular flexibility index (Phi) is 6.56. The maximum Gasteiger partial charge on any atom is 0.293 e. The predicted molar refractivity (Wildman–Crippen MR) is 86.2 cm³/mol. The van der Waals surface area contributed by atoms with Crippen LogP contribution in [-0.4, -0.2) is 25.6 Å². The standard InChI is InChI=1S/C17H15F3N2O4/c1-10-2-5-14(13(19)8-10)21-16-11(3-4-12(18)15(16)20)17(24)22-26-7-6-25-9-23/h2-5,8-9,21H,6-7H2,1H3,(H,22,24). The second-order valence-electron chi connectivity index (χ2n) is 5.14. The highest BCUT2D eigenvalue weighted by Gasteiger charge is 2.20. The Balaban J connectivity index is 2.23. The van der Waals surface area contributed by atoms with E-state index >= 15 is 0 Å². The van der Waals surface area contributed by atoms with Crippen LogP contribution in [0.2, 0.25) is 0 Å². The molecule has 1 amide bonds. The molecule has 2 aromatic rings. The third kappa shape index (κ3) is 4.73. The summed E-state index contributed by atoms with van der Waals surface area (Å²) in [7, 11) is 0. The van der Waals surface area contributed by atoms with Crippen LogP contribution in [0.5, 0.6) is 0 Å². The van der Waals surface area contributed by atoms with E-state index in [-0.39, 0.29) is 30.9 Å². The van der Waals surface area contributed by atoms with E-state index in [1.54, 1.807) is 13.0 Å². The van der Waals surface area contributed by atoms with Gasteiger partial charge in [-0.05, 0) is 36.8 Å². The summed E-state index contributed by atoms with van der Waals surface area (Å²) in [4.78, 5) is 26.9. The number of halogens is 3. The molecule has 26 heavy (non-hydrogen) atoms. The summed E-state index contributed by atoms with van der Waals surface area (Å²) >= 11 is 0. The summed E-state index contributed by atoms with van der Waals surface area (Å²) in [5.74, 6) is -4.15.